The van der Waals surface area contributed by atoms with Gasteiger partial charge in [-0.3, -0.25) is 4.79 Å². The largest absolute Gasteiger partial charge is 0.434 e. The summed E-state index contributed by atoms with van der Waals surface area (Å²) in [5.74, 6) is -1.25. The zero-order valence-corrected chi connectivity index (χ0v) is 14.1. The van der Waals surface area contributed by atoms with Gasteiger partial charge in [-0.05, 0) is 43.7 Å². The fraction of sp³-hybridized carbons (Fsp3) is 0.222. The molecule has 26 heavy (non-hydrogen) atoms. The molecular weight excluding hydrogens is 349 g/mol. The van der Waals surface area contributed by atoms with Crippen LogP contribution in [0.3, 0.4) is 0 Å². The van der Waals surface area contributed by atoms with Crippen LogP contribution < -0.4 is 10.1 Å². The number of nitrogens with zero attached hydrogens (tertiary/aromatic N) is 1. The Morgan fingerprint density at radius 2 is 1.96 bits per heavy atom. The van der Waals surface area contributed by atoms with Crippen molar-refractivity contribution in [1.82, 2.24) is 0 Å². The van der Waals surface area contributed by atoms with E-state index in [0.717, 1.165) is 11.8 Å². The molecule has 0 heterocycles. The van der Waals surface area contributed by atoms with Crippen molar-refractivity contribution in [1.29, 1.82) is 0 Å². The number of alkyl halides is 2. The molecule has 1 atom stereocenters. The molecule has 0 radical (unpaired) electrons. The summed E-state index contributed by atoms with van der Waals surface area (Å²) in [4.78, 5) is 17.0. The third-order valence-electron chi connectivity index (χ3n) is 3.30. The highest BCUT2D eigenvalue weighted by Gasteiger charge is 2.16. The number of amides is 1. The van der Waals surface area contributed by atoms with E-state index in [0.29, 0.717) is 0 Å². The van der Waals surface area contributed by atoms with Gasteiger partial charge in [0.1, 0.15) is 11.6 Å². The first-order valence-corrected chi connectivity index (χ1v) is 7.67. The molecule has 5 nitrogen and oxygen atoms in total. The summed E-state index contributed by atoms with van der Waals surface area (Å²) in [6.07, 6.45) is 0.114. The van der Waals surface area contributed by atoms with Crippen molar-refractivity contribution < 1.29 is 27.5 Å². The van der Waals surface area contributed by atoms with Crippen LogP contribution in [0.5, 0.6) is 5.75 Å². The zero-order chi connectivity index (χ0) is 19.1. The van der Waals surface area contributed by atoms with Crippen LogP contribution in [0.25, 0.3) is 0 Å². The summed E-state index contributed by atoms with van der Waals surface area (Å²) in [7, 11) is 0. The Morgan fingerprint density at radius 1 is 1.23 bits per heavy atom. The minimum atomic E-state index is -2.97. The number of para-hydroxylation sites is 1. The quantitative estimate of drug-likeness (QED) is 0.593. The predicted octanol–water partition coefficient (Wildman–Crippen LogP) is 4.11. The summed E-state index contributed by atoms with van der Waals surface area (Å²) in [6, 6.07) is 10.4. The van der Waals surface area contributed by atoms with Crippen LogP contribution >= 0.6 is 0 Å². The van der Waals surface area contributed by atoms with Gasteiger partial charge in [-0.1, -0.05) is 23.4 Å². The predicted molar refractivity (Wildman–Crippen MR) is 91.0 cm³/mol. The molecule has 0 saturated carbocycles. The van der Waals surface area contributed by atoms with Crippen molar-refractivity contribution in [3.05, 3.63) is 59.4 Å². The number of anilines is 1. The third-order valence-corrected chi connectivity index (χ3v) is 3.30. The molecule has 138 valence electrons. The van der Waals surface area contributed by atoms with Crippen molar-refractivity contribution in [2.75, 3.05) is 5.32 Å². The van der Waals surface area contributed by atoms with Crippen LogP contribution in [0, 0.1) is 12.7 Å². The van der Waals surface area contributed by atoms with E-state index in [-0.39, 0.29) is 17.0 Å². The van der Waals surface area contributed by atoms with E-state index in [1.807, 2.05) is 0 Å². The Labute approximate surface area is 148 Å². The van der Waals surface area contributed by atoms with E-state index in [2.05, 4.69) is 15.2 Å². The highest BCUT2D eigenvalue weighted by atomic mass is 19.3. The lowest BCUT2D eigenvalue weighted by molar-refractivity contribution is -0.126. The van der Waals surface area contributed by atoms with Gasteiger partial charge >= 0.3 is 6.61 Å². The second kappa shape index (κ2) is 8.89. The topological polar surface area (TPSA) is 59.9 Å². The molecular formula is C18H17F3N2O3. The fourth-order valence-electron chi connectivity index (χ4n) is 1.97. The first kappa shape index (κ1) is 19.3. The van der Waals surface area contributed by atoms with Gasteiger partial charge in [0.2, 0.25) is 6.10 Å². The number of nitrogens with one attached hydrogen (secondary N) is 1. The Morgan fingerprint density at radius 3 is 2.65 bits per heavy atom. The smallest absolute Gasteiger partial charge is 0.387 e. The molecule has 0 aliphatic heterocycles. The number of carbonyl (C=O) groups excluding carboxylic acids is 1. The molecule has 2 aromatic carbocycles. The number of benzene rings is 2. The number of hydrogen-bond acceptors (Lipinski definition) is 4. The lowest BCUT2D eigenvalue weighted by Crippen LogP contribution is -2.26. The first-order valence-electron chi connectivity index (χ1n) is 7.67. The summed E-state index contributed by atoms with van der Waals surface area (Å²) < 4.78 is 42.8. The van der Waals surface area contributed by atoms with Crippen LogP contribution in [0.1, 0.15) is 18.1 Å². The SMILES string of the molecule is Cc1ccc(NC(=O)C(C)O/N=C/c2ccccc2OC(F)F)c(F)c1. The molecule has 2 aromatic rings. The van der Waals surface area contributed by atoms with E-state index in [4.69, 9.17) is 4.84 Å². The van der Waals surface area contributed by atoms with Gasteiger partial charge in [-0.2, -0.15) is 8.78 Å². The third kappa shape index (κ3) is 5.51. The standard InChI is InChI=1S/C18H17F3N2O3/c1-11-7-8-15(14(19)9-11)23-17(24)12(2)26-22-10-13-5-3-4-6-16(13)25-18(20)21/h3-10,12,18H,1-2H3,(H,23,24)/b22-10+. The maximum Gasteiger partial charge on any atom is 0.387 e. The fourth-order valence-corrected chi connectivity index (χ4v) is 1.97. The monoisotopic (exact) mass is 366 g/mol. The highest BCUT2D eigenvalue weighted by Crippen LogP contribution is 2.19. The van der Waals surface area contributed by atoms with Gasteiger partial charge < -0.3 is 14.9 Å². The van der Waals surface area contributed by atoms with Crippen molar-refractivity contribution in [3.63, 3.8) is 0 Å². The highest BCUT2D eigenvalue weighted by molar-refractivity contribution is 5.94. The molecule has 0 aromatic heterocycles. The maximum atomic E-state index is 13.7. The normalized spacial score (nSPS) is 12.2. The lowest BCUT2D eigenvalue weighted by atomic mass is 10.2. The van der Waals surface area contributed by atoms with Gasteiger partial charge in [0.15, 0.2) is 0 Å². The van der Waals surface area contributed by atoms with Crippen LogP contribution in [-0.4, -0.2) is 24.8 Å². The van der Waals surface area contributed by atoms with Crippen LogP contribution in [-0.2, 0) is 9.63 Å². The van der Waals surface area contributed by atoms with Gasteiger partial charge in [-0.25, -0.2) is 4.39 Å². The van der Waals surface area contributed by atoms with Crippen LogP contribution in [0.4, 0.5) is 18.9 Å². The summed E-state index contributed by atoms with van der Waals surface area (Å²) in [5, 5.41) is 5.99. The Balaban J connectivity index is 1.96. The summed E-state index contributed by atoms with van der Waals surface area (Å²) in [6.45, 7) is 0.171. The second-order valence-electron chi connectivity index (χ2n) is 5.37. The number of halogens is 3. The molecule has 1 amide bonds. The summed E-state index contributed by atoms with van der Waals surface area (Å²) >= 11 is 0. The molecule has 0 fully saturated rings. The average Bonchev–Trinajstić information content (AvgIpc) is 2.58. The van der Waals surface area contributed by atoms with Crippen molar-refractivity contribution in [3.8, 4) is 5.75 Å². The molecule has 0 bridgehead atoms. The minimum Gasteiger partial charge on any atom is -0.434 e. The number of rotatable bonds is 7. The second-order valence-corrected chi connectivity index (χ2v) is 5.37. The molecule has 8 heteroatoms. The molecule has 1 N–H and O–H groups in total. The van der Waals surface area contributed by atoms with Crippen molar-refractivity contribution in [2.45, 2.75) is 26.6 Å². The van der Waals surface area contributed by atoms with Crippen molar-refractivity contribution >= 4 is 17.8 Å². The molecule has 1 unspecified atom stereocenters. The average molecular weight is 366 g/mol. The van der Waals surface area contributed by atoms with Crippen molar-refractivity contribution in [2.24, 2.45) is 5.16 Å². The van der Waals surface area contributed by atoms with E-state index in [1.165, 1.54) is 37.3 Å². The summed E-state index contributed by atoms with van der Waals surface area (Å²) in [5.41, 5.74) is 1.000. The van der Waals surface area contributed by atoms with E-state index >= 15 is 0 Å². The number of carbonyl (C=O) groups is 1. The molecule has 0 aliphatic rings. The first-order chi connectivity index (χ1) is 12.4. The van der Waals surface area contributed by atoms with Gasteiger partial charge in [0, 0.05) is 5.56 Å². The molecule has 0 aliphatic carbocycles. The lowest BCUT2D eigenvalue weighted by Gasteiger charge is -2.11. The molecule has 0 saturated heterocycles. The molecule has 0 spiro atoms. The van der Waals surface area contributed by atoms with E-state index < -0.39 is 24.4 Å². The number of ether oxygens (including phenoxy) is 1. The Kier molecular flexibility index (Phi) is 6.60. The number of hydrogen-bond donors (Lipinski definition) is 1. The van der Waals surface area contributed by atoms with Gasteiger partial charge in [0.05, 0.1) is 11.9 Å². The molecule has 2 rings (SSSR count). The van der Waals surface area contributed by atoms with Gasteiger partial charge in [-0.15, -0.1) is 0 Å². The Hall–Kier alpha value is -3.03. The van der Waals surface area contributed by atoms with Gasteiger partial charge in [0.25, 0.3) is 5.91 Å². The maximum absolute atomic E-state index is 13.7. The van der Waals surface area contributed by atoms with Crippen LogP contribution in [0.15, 0.2) is 47.6 Å². The number of aryl methyl sites for hydroxylation is 1. The van der Waals surface area contributed by atoms with E-state index in [1.54, 1.807) is 19.1 Å². The number of oxime groups is 1. The van der Waals surface area contributed by atoms with Crippen LogP contribution in [0.2, 0.25) is 0 Å². The Bertz CT molecular complexity index is 797. The minimum absolute atomic E-state index is 0.0238. The van der Waals surface area contributed by atoms with E-state index in [9.17, 15) is 18.0 Å². The zero-order valence-electron chi connectivity index (χ0n) is 14.1.